The average Bonchev–Trinajstić information content (AvgIpc) is 2.68. The summed E-state index contributed by atoms with van der Waals surface area (Å²) < 4.78 is 9.17. The quantitative estimate of drug-likeness (QED) is 0.648. The van der Waals surface area contributed by atoms with Crippen molar-refractivity contribution in [2.75, 3.05) is 6.61 Å². The highest BCUT2D eigenvalue weighted by molar-refractivity contribution is 9.10. The summed E-state index contributed by atoms with van der Waals surface area (Å²) in [5.41, 5.74) is 4.50. The maximum absolute atomic E-state index is 5.88. The van der Waals surface area contributed by atoms with Gasteiger partial charge in [-0.05, 0) is 25.5 Å². The molecule has 0 N–H and O–H groups in total. The first kappa shape index (κ1) is 12.9. The Bertz CT molecular complexity index is 821. The third kappa shape index (κ3) is 2.14. The smallest absolute Gasteiger partial charge is 0.146 e. The van der Waals surface area contributed by atoms with Gasteiger partial charge in [0.25, 0.3) is 0 Å². The molecule has 0 saturated heterocycles. The molecule has 0 amide bonds. The Morgan fingerprint density at radius 3 is 2.81 bits per heavy atom. The second kappa shape index (κ2) is 4.88. The van der Waals surface area contributed by atoms with Gasteiger partial charge in [0.1, 0.15) is 17.1 Å². The third-order valence-electron chi connectivity index (χ3n) is 3.86. The summed E-state index contributed by atoms with van der Waals surface area (Å²) in [5, 5.41) is 0. The van der Waals surface area contributed by atoms with Gasteiger partial charge in [-0.25, -0.2) is 4.98 Å². The SMILES string of the molecule is Cc1ccc(-c2nc3cc(Br)cc4c3n2CCCO4)cc1. The second-order valence-corrected chi connectivity index (χ2v) is 6.34. The molecule has 2 heterocycles. The molecular formula is C17H15BrN2O. The number of benzene rings is 2. The lowest BCUT2D eigenvalue weighted by molar-refractivity contribution is 0.315. The van der Waals surface area contributed by atoms with Crippen molar-refractivity contribution in [1.82, 2.24) is 9.55 Å². The van der Waals surface area contributed by atoms with Crippen LogP contribution in [0.2, 0.25) is 0 Å². The fraction of sp³-hybridized carbons (Fsp3) is 0.235. The number of halogens is 1. The highest BCUT2D eigenvalue weighted by atomic mass is 79.9. The first-order valence-electron chi connectivity index (χ1n) is 7.12. The molecular weight excluding hydrogens is 328 g/mol. The van der Waals surface area contributed by atoms with Crippen molar-refractivity contribution in [3.63, 3.8) is 0 Å². The van der Waals surface area contributed by atoms with E-state index < -0.39 is 0 Å². The van der Waals surface area contributed by atoms with Crippen LogP contribution in [-0.2, 0) is 6.54 Å². The minimum Gasteiger partial charge on any atom is -0.491 e. The molecule has 0 fully saturated rings. The van der Waals surface area contributed by atoms with E-state index in [2.05, 4.69) is 57.8 Å². The number of hydrogen-bond donors (Lipinski definition) is 0. The standard InChI is InChI=1S/C17H15BrN2O/c1-11-3-5-12(6-4-11)17-19-14-9-13(18)10-15-16(14)20(17)7-2-8-21-15/h3-6,9-10H,2,7-8H2,1H3. The van der Waals surface area contributed by atoms with E-state index >= 15 is 0 Å². The largest absolute Gasteiger partial charge is 0.491 e. The van der Waals surface area contributed by atoms with Gasteiger partial charge in [0.2, 0.25) is 0 Å². The molecule has 4 rings (SSSR count). The van der Waals surface area contributed by atoms with Gasteiger partial charge in [0.05, 0.1) is 12.1 Å². The predicted molar refractivity (Wildman–Crippen MR) is 87.7 cm³/mol. The van der Waals surface area contributed by atoms with Crippen LogP contribution in [0.3, 0.4) is 0 Å². The van der Waals surface area contributed by atoms with Gasteiger partial charge < -0.3 is 9.30 Å². The molecule has 0 radical (unpaired) electrons. The molecule has 3 aromatic rings. The van der Waals surface area contributed by atoms with Crippen LogP contribution in [-0.4, -0.2) is 16.2 Å². The molecule has 4 heteroatoms. The molecule has 0 spiro atoms. The Morgan fingerprint density at radius 1 is 1.19 bits per heavy atom. The van der Waals surface area contributed by atoms with E-state index in [0.717, 1.165) is 52.2 Å². The Hall–Kier alpha value is -1.81. The number of aromatic nitrogens is 2. The Balaban J connectivity index is 2.01. The lowest BCUT2D eigenvalue weighted by atomic mass is 10.1. The van der Waals surface area contributed by atoms with E-state index in [9.17, 15) is 0 Å². The number of rotatable bonds is 1. The van der Waals surface area contributed by atoms with Crippen LogP contribution in [0.5, 0.6) is 5.75 Å². The van der Waals surface area contributed by atoms with Crippen LogP contribution in [0.15, 0.2) is 40.9 Å². The zero-order valence-corrected chi connectivity index (χ0v) is 13.4. The first-order valence-corrected chi connectivity index (χ1v) is 7.91. The van der Waals surface area contributed by atoms with Gasteiger partial charge in [0, 0.05) is 16.6 Å². The van der Waals surface area contributed by atoms with E-state index in [1.807, 2.05) is 6.07 Å². The lowest BCUT2D eigenvalue weighted by Crippen LogP contribution is -2.01. The summed E-state index contributed by atoms with van der Waals surface area (Å²) in [6, 6.07) is 12.6. The molecule has 3 nitrogen and oxygen atoms in total. The average molecular weight is 343 g/mol. The number of imidazole rings is 1. The van der Waals surface area contributed by atoms with E-state index in [1.165, 1.54) is 5.56 Å². The first-order chi connectivity index (χ1) is 10.2. The van der Waals surface area contributed by atoms with Crippen molar-refractivity contribution in [1.29, 1.82) is 0 Å². The van der Waals surface area contributed by atoms with E-state index in [1.54, 1.807) is 0 Å². The van der Waals surface area contributed by atoms with Gasteiger partial charge >= 0.3 is 0 Å². The van der Waals surface area contributed by atoms with Crippen LogP contribution in [0.1, 0.15) is 12.0 Å². The fourth-order valence-electron chi connectivity index (χ4n) is 2.85. The Labute approximate surface area is 131 Å². The molecule has 0 atom stereocenters. The van der Waals surface area contributed by atoms with Crippen LogP contribution >= 0.6 is 15.9 Å². The molecule has 0 aliphatic carbocycles. The minimum absolute atomic E-state index is 0.751. The van der Waals surface area contributed by atoms with Crippen molar-refractivity contribution in [3.05, 3.63) is 46.4 Å². The molecule has 0 bridgehead atoms. The van der Waals surface area contributed by atoms with Gasteiger partial charge in [0.15, 0.2) is 0 Å². The number of nitrogens with zero attached hydrogens (tertiary/aromatic N) is 2. The van der Waals surface area contributed by atoms with Crippen molar-refractivity contribution < 1.29 is 4.74 Å². The summed E-state index contributed by atoms with van der Waals surface area (Å²) in [6.45, 7) is 3.79. The van der Waals surface area contributed by atoms with E-state index in [4.69, 9.17) is 9.72 Å². The fourth-order valence-corrected chi connectivity index (χ4v) is 3.28. The summed E-state index contributed by atoms with van der Waals surface area (Å²) in [5.74, 6) is 1.94. The summed E-state index contributed by atoms with van der Waals surface area (Å²) in [7, 11) is 0. The molecule has 21 heavy (non-hydrogen) atoms. The van der Waals surface area contributed by atoms with Gasteiger partial charge in [-0.3, -0.25) is 0 Å². The summed E-state index contributed by atoms with van der Waals surface area (Å²) in [4.78, 5) is 4.84. The van der Waals surface area contributed by atoms with Crippen molar-refractivity contribution in [2.45, 2.75) is 19.9 Å². The minimum atomic E-state index is 0.751. The Kier molecular flexibility index (Phi) is 3.00. The maximum atomic E-state index is 5.88. The summed E-state index contributed by atoms with van der Waals surface area (Å²) in [6.07, 6.45) is 0.997. The predicted octanol–water partition coefficient (Wildman–Crippen LogP) is 4.56. The lowest BCUT2D eigenvalue weighted by Gasteiger charge is -2.07. The van der Waals surface area contributed by atoms with Gasteiger partial charge in [-0.1, -0.05) is 45.8 Å². The topological polar surface area (TPSA) is 27.1 Å². The zero-order valence-electron chi connectivity index (χ0n) is 11.8. The Morgan fingerprint density at radius 2 is 2.00 bits per heavy atom. The number of ether oxygens (including phenoxy) is 1. The van der Waals surface area contributed by atoms with Crippen LogP contribution in [0, 0.1) is 6.92 Å². The molecule has 1 aliphatic heterocycles. The molecule has 0 unspecified atom stereocenters. The normalized spacial score (nSPS) is 14.0. The number of hydrogen-bond acceptors (Lipinski definition) is 2. The summed E-state index contributed by atoms with van der Waals surface area (Å²) >= 11 is 3.54. The van der Waals surface area contributed by atoms with Gasteiger partial charge in [-0.2, -0.15) is 0 Å². The van der Waals surface area contributed by atoms with Crippen molar-refractivity contribution in [2.24, 2.45) is 0 Å². The van der Waals surface area contributed by atoms with E-state index in [0.29, 0.717) is 0 Å². The van der Waals surface area contributed by atoms with E-state index in [-0.39, 0.29) is 0 Å². The molecule has 106 valence electrons. The molecule has 0 saturated carbocycles. The monoisotopic (exact) mass is 342 g/mol. The highest BCUT2D eigenvalue weighted by Crippen LogP contribution is 2.35. The van der Waals surface area contributed by atoms with Crippen LogP contribution in [0.4, 0.5) is 0 Å². The zero-order chi connectivity index (χ0) is 14.4. The second-order valence-electron chi connectivity index (χ2n) is 5.43. The maximum Gasteiger partial charge on any atom is 0.146 e. The van der Waals surface area contributed by atoms with Crippen LogP contribution in [0.25, 0.3) is 22.4 Å². The third-order valence-corrected chi connectivity index (χ3v) is 4.32. The molecule has 1 aromatic heterocycles. The van der Waals surface area contributed by atoms with Crippen molar-refractivity contribution in [3.8, 4) is 17.1 Å². The molecule has 2 aromatic carbocycles. The molecule has 1 aliphatic rings. The van der Waals surface area contributed by atoms with Crippen molar-refractivity contribution >= 4 is 27.0 Å². The van der Waals surface area contributed by atoms with Crippen LogP contribution < -0.4 is 4.74 Å². The number of aryl methyl sites for hydroxylation is 2. The van der Waals surface area contributed by atoms with Gasteiger partial charge in [-0.15, -0.1) is 0 Å². The highest BCUT2D eigenvalue weighted by Gasteiger charge is 2.19.